The molecule has 5 nitrogen and oxygen atoms in total. The first-order chi connectivity index (χ1) is 12.8. The number of nitrogens with one attached hydrogen (secondary N) is 1. The molecule has 0 unspecified atom stereocenters. The smallest absolute Gasteiger partial charge is 0.257 e. The van der Waals surface area contributed by atoms with Crippen molar-refractivity contribution in [3.63, 3.8) is 0 Å². The van der Waals surface area contributed by atoms with Crippen molar-refractivity contribution in [1.82, 2.24) is 0 Å². The highest BCUT2D eigenvalue weighted by atomic mass is 32.2. The molecule has 0 saturated heterocycles. The summed E-state index contributed by atoms with van der Waals surface area (Å²) in [6, 6.07) is 14.4. The second-order valence-corrected chi connectivity index (χ2v) is 9.46. The van der Waals surface area contributed by atoms with Crippen LogP contribution >= 0.6 is 11.8 Å². The van der Waals surface area contributed by atoms with Gasteiger partial charge in [0.1, 0.15) is 0 Å². The minimum absolute atomic E-state index is 0.309. The fourth-order valence-corrected chi connectivity index (χ4v) is 3.92. The second-order valence-electron chi connectivity index (χ2n) is 6.28. The molecule has 27 heavy (non-hydrogen) atoms. The number of thioether (sulfide) groups is 1. The van der Waals surface area contributed by atoms with E-state index < -0.39 is 10.0 Å². The molecule has 7 heteroatoms. The normalized spacial score (nSPS) is 11.2. The summed E-state index contributed by atoms with van der Waals surface area (Å²) < 4.78 is 24.8. The van der Waals surface area contributed by atoms with Gasteiger partial charge in [-0.15, -0.1) is 11.8 Å². The highest BCUT2D eigenvalue weighted by Gasteiger charge is 2.19. The van der Waals surface area contributed by atoms with Crippen molar-refractivity contribution in [3.8, 4) is 0 Å². The van der Waals surface area contributed by atoms with Gasteiger partial charge >= 0.3 is 0 Å². The summed E-state index contributed by atoms with van der Waals surface area (Å²) in [7, 11) is -2.02. The molecular weight excluding hydrogens is 380 g/mol. The first-order valence-electron chi connectivity index (χ1n) is 8.90. The lowest BCUT2D eigenvalue weighted by molar-refractivity contribution is 0.102. The van der Waals surface area contributed by atoms with Crippen LogP contribution in [0.5, 0.6) is 0 Å². The number of amides is 1. The lowest BCUT2D eigenvalue weighted by Crippen LogP contribution is -2.27. The van der Waals surface area contributed by atoms with Gasteiger partial charge < -0.3 is 5.32 Å². The zero-order valence-corrected chi connectivity index (χ0v) is 17.6. The molecule has 0 atom stereocenters. The van der Waals surface area contributed by atoms with E-state index in [9.17, 15) is 13.2 Å². The number of para-hydroxylation sites is 1. The molecule has 0 aliphatic carbocycles. The van der Waals surface area contributed by atoms with Crippen molar-refractivity contribution in [3.05, 3.63) is 54.1 Å². The standard InChI is InChI=1S/C20H26N2O3S2/c1-4-5-8-15-26-17-13-11-16(12-14-17)21-20(23)18-9-6-7-10-19(18)22(2)27(3,24)25/h6-7,9-14H,4-5,8,15H2,1-3H3,(H,21,23). The van der Waals surface area contributed by atoms with Crippen molar-refractivity contribution in [2.24, 2.45) is 0 Å². The molecule has 0 bridgehead atoms. The number of hydrogen-bond acceptors (Lipinski definition) is 4. The highest BCUT2D eigenvalue weighted by Crippen LogP contribution is 2.24. The summed E-state index contributed by atoms with van der Waals surface area (Å²) in [6.45, 7) is 2.19. The predicted molar refractivity (Wildman–Crippen MR) is 114 cm³/mol. The molecule has 2 rings (SSSR count). The fourth-order valence-electron chi connectivity index (χ4n) is 2.49. The van der Waals surface area contributed by atoms with Gasteiger partial charge in [0.25, 0.3) is 5.91 Å². The van der Waals surface area contributed by atoms with Crippen LogP contribution < -0.4 is 9.62 Å². The molecule has 0 aliphatic rings. The Labute approximate surface area is 166 Å². The minimum Gasteiger partial charge on any atom is -0.322 e. The van der Waals surface area contributed by atoms with Crippen LogP contribution in [0.4, 0.5) is 11.4 Å². The molecule has 0 spiro atoms. The number of carbonyl (C=O) groups is 1. The molecule has 0 saturated carbocycles. The Balaban J connectivity index is 2.07. The van der Waals surface area contributed by atoms with E-state index in [1.54, 1.807) is 24.3 Å². The molecule has 0 radical (unpaired) electrons. The SMILES string of the molecule is CCCCCSc1ccc(NC(=O)c2ccccc2N(C)S(C)(=O)=O)cc1. The van der Waals surface area contributed by atoms with Gasteiger partial charge in [-0.1, -0.05) is 31.9 Å². The highest BCUT2D eigenvalue weighted by molar-refractivity contribution is 7.99. The van der Waals surface area contributed by atoms with Crippen molar-refractivity contribution in [2.45, 2.75) is 31.1 Å². The summed E-state index contributed by atoms with van der Waals surface area (Å²) in [5.74, 6) is 0.745. The lowest BCUT2D eigenvalue weighted by Gasteiger charge is -2.19. The number of hydrogen-bond donors (Lipinski definition) is 1. The fraction of sp³-hybridized carbons (Fsp3) is 0.350. The zero-order valence-electron chi connectivity index (χ0n) is 15.9. The first kappa shape index (κ1) is 21.3. The Morgan fingerprint density at radius 3 is 2.37 bits per heavy atom. The molecule has 146 valence electrons. The minimum atomic E-state index is -3.45. The van der Waals surface area contributed by atoms with E-state index in [0.717, 1.165) is 16.3 Å². The van der Waals surface area contributed by atoms with Gasteiger partial charge in [0.15, 0.2) is 0 Å². The maximum atomic E-state index is 12.7. The zero-order chi connectivity index (χ0) is 19.9. The Kier molecular flexibility index (Phi) is 7.74. The van der Waals surface area contributed by atoms with Gasteiger partial charge in [-0.25, -0.2) is 8.42 Å². The number of unbranched alkanes of at least 4 members (excludes halogenated alkanes) is 2. The third kappa shape index (κ3) is 6.29. The van der Waals surface area contributed by atoms with E-state index >= 15 is 0 Å². The van der Waals surface area contributed by atoms with Crippen LogP contribution in [0, 0.1) is 0 Å². The van der Waals surface area contributed by atoms with Crippen LogP contribution in [0.2, 0.25) is 0 Å². The number of anilines is 2. The summed E-state index contributed by atoms with van der Waals surface area (Å²) in [4.78, 5) is 13.8. The summed E-state index contributed by atoms with van der Waals surface area (Å²) in [5, 5.41) is 2.84. The average Bonchev–Trinajstić information content (AvgIpc) is 2.65. The van der Waals surface area contributed by atoms with Crippen molar-refractivity contribution < 1.29 is 13.2 Å². The third-order valence-electron chi connectivity index (χ3n) is 4.11. The van der Waals surface area contributed by atoms with Crippen LogP contribution in [0.15, 0.2) is 53.4 Å². The van der Waals surface area contributed by atoms with Crippen LogP contribution in [-0.4, -0.2) is 33.4 Å². The van der Waals surface area contributed by atoms with Crippen LogP contribution in [0.25, 0.3) is 0 Å². The number of carbonyl (C=O) groups excluding carboxylic acids is 1. The van der Waals surface area contributed by atoms with E-state index in [0.29, 0.717) is 16.9 Å². The number of sulfonamides is 1. The topological polar surface area (TPSA) is 66.5 Å². The maximum absolute atomic E-state index is 12.7. The monoisotopic (exact) mass is 406 g/mol. The van der Waals surface area contributed by atoms with E-state index in [1.165, 1.54) is 31.2 Å². The number of rotatable bonds is 9. The van der Waals surface area contributed by atoms with Crippen LogP contribution in [0.3, 0.4) is 0 Å². The van der Waals surface area contributed by atoms with Crippen molar-refractivity contribution in [2.75, 3.05) is 28.7 Å². The Hall–Kier alpha value is -1.99. The van der Waals surface area contributed by atoms with Crippen molar-refractivity contribution in [1.29, 1.82) is 0 Å². The molecule has 0 aliphatic heterocycles. The van der Waals surface area contributed by atoms with Gasteiger partial charge in [-0.2, -0.15) is 0 Å². The average molecular weight is 407 g/mol. The summed E-state index contributed by atoms with van der Waals surface area (Å²) in [5.41, 5.74) is 1.33. The second kappa shape index (κ2) is 9.80. The van der Waals surface area contributed by atoms with Gasteiger partial charge in [-0.05, 0) is 48.6 Å². The van der Waals surface area contributed by atoms with Gasteiger partial charge in [0.05, 0.1) is 17.5 Å². The molecule has 0 fully saturated rings. The Bertz CT molecular complexity index is 865. The third-order valence-corrected chi connectivity index (χ3v) is 6.40. The van der Waals surface area contributed by atoms with Gasteiger partial charge in [0.2, 0.25) is 10.0 Å². The Morgan fingerprint density at radius 2 is 1.74 bits per heavy atom. The summed E-state index contributed by atoms with van der Waals surface area (Å²) >= 11 is 1.81. The van der Waals surface area contributed by atoms with Gasteiger partial charge in [0, 0.05) is 17.6 Å². The number of benzene rings is 2. The molecular formula is C20H26N2O3S2. The predicted octanol–water partition coefficient (Wildman–Crippen LogP) is 4.62. The molecule has 1 amide bonds. The van der Waals surface area contributed by atoms with Crippen molar-refractivity contribution >= 4 is 39.1 Å². The molecule has 0 aromatic heterocycles. The maximum Gasteiger partial charge on any atom is 0.257 e. The molecule has 0 heterocycles. The molecule has 1 N–H and O–H groups in total. The largest absolute Gasteiger partial charge is 0.322 e. The van der Waals surface area contributed by atoms with Crippen LogP contribution in [-0.2, 0) is 10.0 Å². The lowest BCUT2D eigenvalue weighted by atomic mass is 10.1. The van der Waals surface area contributed by atoms with E-state index in [-0.39, 0.29) is 5.91 Å². The van der Waals surface area contributed by atoms with E-state index in [4.69, 9.17) is 0 Å². The Morgan fingerprint density at radius 1 is 1.07 bits per heavy atom. The quantitative estimate of drug-likeness (QED) is 0.487. The molecule has 2 aromatic rings. The molecule has 2 aromatic carbocycles. The van der Waals surface area contributed by atoms with Gasteiger partial charge in [-0.3, -0.25) is 9.10 Å². The number of nitrogens with zero attached hydrogens (tertiary/aromatic N) is 1. The van der Waals surface area contributed by atoms with E-state index in [2.05, 4.69) is 12.2 Å². The van der Waals surface area contributed by atoms with Crippen LogP contribution in [0.1, 0.15) is 36.5 Å². The summed E-state index contributed by atoms with van der Waals surface area (Å²) in [6.07, 6.45) is 4.76. The van der Waals surface area contributed by atoms with E-state index in [1.807, 2.05) is 36.0 Å². The first-order valence-corrected chi connectivity index (χ1v) is 11.7.